The van der Waals surface area contributed by atoms with Crippen LogP contribution in [0.2, 0.25) is 0 Å². The van der Waals surface area contributed by atoms with E-state index in [9.17, 15) is 4.79 Å². The van der Waals surface area contributed by atoms with Gasteiger partial charge in [0.15, 0.2) is 6.29 Å². The van der Waals surface area contributed by atoms with E-state index in [1.54, 1.807) is 4.68 Å². The van der Waals surface area contributed by atoms with Gasteiger partial charge in [-0.05, 0) is 12.8 Å². The Balaban J connectivity index is 2.00. The van der Waals surface area contributed by atoms with Crippen molar-refractivity contribution < 1.29 is 14.6 Å². The zero-order valence-electron chi connectivity index (χ0n) is 9.71. The van der Waals surface area contributed by atoms with Crippen LogP contribution in [0.1, 0.15) is 41.4 Å². The Bertz CT molecular complexity index is 374. The first-order valence-electron chi connectivity index (χ1n) is 5.94. The highest BCUT2D eigenvalue weighted by Gasteiger charge is 2.27. The molecule has 1 aliphatic carbocycles. The molecule has 1 N–H and O–H groups in total. The maximum atomic E-state index is 10.9. The van der Waals surface area contributed by atoms with E-state index in [0.29, 0.717) is 31.4 Å². The lowest BCUT2D eigenvalue weighted by Crippen LogP contribution is -2.19. The van der Waals surface area contributed by atoms with Gasteiger partial charge >= 0.3 is 0 Å². The third-order valence-corrected chi connectivity index (χ3v) is 3.09. The summed E-state index contributed by atoms with van der Waals surface area (Å²) in [7, 11) is 0. The number of hydrogen-bond acceptors (Lipinski definition) is 5. The first kappa shape index (κ1) is 12.2. The molecule has 1 fully saturated rings. The van der Waals surface area contributed by atoms with Crippen molar-refractivity contribution in [1.29, 1.82) is 0 Å². The van der Waals surface area contributed by atoms with Gasteiger partial charge in [0.2, 0.25) is 0 Å². The number of rotatable bonds is 7. The number of aromatic nitrogens is 3. The van der Waals surface area contributed by atoms with Gasteiger partial charge in [0.1, 0.15) is 5.69 Å². The van der Waals surface area contributed by atoms with E-state index in [1.165, 1.54) is 6.42 Å². The molecule has 0 atom stereocenters. The summed E-state index contributed by atoms with van der Waals surface area (Å²) in [5, 5.41) is 16.4. The van der Waals surface area contributed by atoms with Crippen LogP contribution < -0.4 is 0 Å². The molecule has 0 spiro atoms. The van der Waals surface area contributed by atoms with Gasteiger partial charge in [0, 0.05) is 5.92 Å². The summed E-state index contributed by atoms with van der Waals surface area (Å²) in [5.74, 6) is 0.419. The molecular formula is C11H17N3O3. The number of carbonyl (C=O) groups is 1. The molecule has 2 rings (SSSR count). The van der Waals surface area contributed by atoms with Gasteiger partial charge in [-0.25, -0.2) is 4.68 Å². The lowest BCUT2D eigenvalue weighted by molar-refractivity contribution is 0.0842. The highest BCUT2D eigenvalue weighted by molar-refractivity contribution is 5.73. The molecule has 6 nitrogen and oxygen atoms in total. The number of carbonyl (C=O) groups excluding carboxylic acids is 1. The molecule has 0 amide bonds. The van der Waals surface area contributed by atoms with Gasteiger partial charge in [-0.3, -0.25) is 4.79 Å². The minimum atomic E-state index is 0.0203. The molecular weight excluding hydrogens is 222 g/mol. The van der Waals surface area contributed by atoms with Gasteiger partial charge in [0.05, 0.1) is 32.1 Å². The molecule has 1 aromatic heterocycles. The van der Waals surface area contributed by atoms with Crippen LogP contribution in [0.3, 0.4) is 0 Å². The number of aldehydes is 1. The van der Waals surface area contributed by atoms with Gasteiger partial charge in [-0.2, -0.15) is 0 Å². The Morgan fingerprint density at radius 2 is 2.29 bits per heavy atom. The number of aliphatic hydroxyl groups excluding tert-OH is 1. The fraction of sp³-hybridized carbons (Fsp3) is 0.727. The summed E-state index contributed by atoms with van der Waals surface area (Å²) in [4.78, 5) is 10.9. The average molecular weight is 239 g/mol. The number of aliphatic hydroxyl groups is 1. The Hall–Kier alpha value is -1.27. The molecule has 17 heavy (non-hydrogen) atoms. The van der Waals surface area contributed by atoms with Gasteiger partial charge in [0.25, 0.3) is 0 Å². The molecule has 6 heteroatoms. The van der Waals surface area contributed by atoms with E-state index < -0.39 is 0 Å². The van der Waals surface area contributed by atoms with Crippen LogP contribution in [0.15, 0.2) is 0 Å². The largest absolute Gasteiger partial charge is 0.394 e. The third-order valence-electron chi connectivity index (χ3n) is 3.09. The number of ether oxygens (including phenoxy) is 1. The number of hydrogen-bond donors (Lipinski definition) is 1. The predicted molar refractivity (Wildman–Crippen MR) is 59.9 cm³/mol. The van der Waals surface area contributed by atoms with E-state index in [4.69, 9.17) is 9.84 Å². The zero-order chi connectivity index (χ0) is 12.1. The summed E-state index contributed by atoms with van der Waals surface area (Å²) in [6.45, 7) is 1.40. The molecule has 0 radical (unpaired) electrons. The van der Waals surface area contributed by atoms with Crippen molar-refractivity contribution >= 4 is 6.29 Å². The molecule has 0 saturated heterocycles. The zero-order valence-corrected chi connectivity index (χ0v) is 9.71. The minimum Gasteiger partial charge on any atom is -0.394 e. The lowest BCUT2D eigenvalue weighted by atomic mass is 9.82. The first-order chi connectivity index (χ1) is 8.36. The Labute approximate surface area is 99.6 Å². The first-order valence-corrected chi connectivity index (χ1v) is 5.94. The van der Waals surface area contributed by atoms with Crippen LogP contribution in [0.5, 0.6) is 0 Å². The quantitative estimate of drug-likeness (QED) is 0.549. The molecule has 1 aromatic rings. The second-order valence-electron chi connectivity index (χ2n) is 4.16. The predicted octanol–water partition coefficient (Wildman–Crippen LogP) is 0.367. The fourth-order valence-corrected chi connectivity index (χ4v) is 2.00. The summed E-state index contributed by atoms with van der Waals surface area (Å²) in [6.07, 6.45) is 4.18. The highest BCUT2D eigenvalue weighted by Crippen LogP contribution is 2.36. The second-order valence-corrected chi connectivity index (χ2v) is 4.16. The Morgan fingerprint density at radius 3 is 2.88 bits per heavy atom. The van der Waals surface area contributed by atoms with Gasteiger partial charge in [-0.15, -0.1) is 5.10 Å². The Morgan fingerprint density at radius 1 is 1.47 bits per heavy atom. The lowest BCUT2D eigenvalue weighted by Gasteiger charge is -2.26. The van der Waals surface area contributed by atoms with Crippen molar-refractivity contribution in [2.45, 2.75) is 31.7 Å². The van der Waals surface area contributed by atoms with Crippen LogP contribution >= 0.6 is 0 Å². The third kappa shape index (κ3) is 2.70. The number of nitrogens with zero attached hydrogens (tertiary/aromatic N) is 3. The van der Waals surface area contributed by atoms with Gasteiger partial charge in [-0.1, -0.05) is 11.6 Å². The SMILES string of the molecule is O=Cc1nnn(CCOCCO)c1C1CCC1. The van der Waals surface area contributed by atoms with Crippen molar-refractivity contribution in [3.8, 4) is 0 Å². The van der Waals surface area contributed by atoms with Crippen LogP contribution in [0.25, 0.3) is 0 Å². The summed E-state index contributed by atoms with van der Waals surface area (Å²) in [6, 6.07) is 0. The smallest absolute Gasteiger partial charge is 0.172 e. The van der Waals surface area contributed by atoms with Crippen LogP contribution in [-0.4, -0.2) is 46.2 Å². The van der Waals surface area contributed by atoms with Crippen LogP contribution in [-0.2, 0) is 11.3 Å². The summed E-state index contributed by atoms with van der Waals surface area (Å²) < 4.78 is 6.94. The van der Waals surface area contributed by atoms with Crippen LogP contribution in [0, 0.1) is 0 Å². The van der Waals surface area contributed by atoms with E-state index in [-0.39, 0.29) is 6.61 Å². The second kappa shape index (κ2) is 5.88. The van der Waals surface area contributed by atoms with Gasteiger partial charge < -0.3 is 9.84 Å². The molecule has 0 aromatic carbocycles. The van der Waals surface area contributed by atoms with E-state index in [1.807, 2.05) is 0 Å². The summed E-state index contributed by atoms with van der Waals surface area (Å²) >= 11 is 0. The maximum absolute atomic E-state index is 10.9. The molecule has 0 aliphatic heterocycles. The molecule has 0 unspecified atom stereocenters. The monoisotopic (exact) mass is 239 g/mol. The van der Waals surface area contributed by atoms with Crippen molar-refractivity contribution in [3.05, 3.63) is 11.4 Å². The molecule has 0 bridgehead atoms. The highest BCUT2D eigenvalue weighted by atomic mass is 16.5. The minimum absolute atomic E-state index is 0.0203. The van der Waals surface area contributed by atoms with E-state index in [2.05, 4.69) is 10.3 Å². The fourth-order valence-electron chi connectivity index (χ4n) is 2.00. The van der Waals surface area contributed by atoms with Crippen LogP contribution in [0.4, 0.5) is 0 Å². The van der Waals surface area contributed by atoms with E-state index >= 15 is 0 Å². The molecule has 1 aliphatic rings. The molecule has 1 saturated carbocycles. The van der Waals surface area contributed by atoms with Crippen molar-refractivity contribution in [1.82, 2.24) is 15.0 Å². The molecule has 94 valence electrons. The average Bonchev–Trinajstić information content (AvgIpc) is 2.66. The standard InChI is InChI=1S/C11H17N3O3/c15-5-7-17-6-4-14-11(9-2-1-3-9)10(8-16)12-13-14/h8-9,15H,1-7H2. The normalized spacial score (nSPS) is 15.8. The van der Waals surface area contributed by atoms with Crippen molar-refractivity contribution in [2.24, 2.45) is 0 Å². The summed E-state index contributed by atoms with van der Waals surface area (Å²) in [5.41, 5.74) is 1.40. The van der Waals surface area contributed by atoms with E-state index in [0.717, 1.165) is 24.8 Å². The molecule has 1 heterocycles. The Kier molecular flexibility index (Phi) is 4.22. The van der Waals surface area contributed by atoms with Crippen molar-refractivity contribution in [2.75, 3.05) is 19.8 Å². The topological polar surface area (TPSA) is 77.2 Å². The van der Waals surface area contributed by atoms with Crippen molar-refractivity contribution in [3.63, 3.8) is 0 Å². The maximum Gasteiger partial charge on any atom is 0.172 e.